The van der Waals surface area contributed by atoms with E-state index in [1.54, 1.807) is 0 Å². The van der Waals surface area contributed by atoms with E-state index in [9.17, 15) is 9.59 Å². The minimum absolute atomic E-state index is 0.0220. The summed E-state index contributed by atoms with van der Waals surface area (Å²) in [6.07, 6.45) is 3.42. The summed E-state index contributed by atoms with van der Waals surface area (Å²) in [7, 11) is 4.35. The van der Waals surface area contributed by atoms with Crippen LogP contribution in [0.5, 0.6) is 0 Å². The number of piperazine rings is 1. The molecule has 0 unspecified atom stereocenters. The van der Waals surface area contributed by atoms with Crippen molar-refractivity contribution >= 4 is 17.5 Å². The van der Waals surface area contributed by atoms with Crippen LogP contribution in [0.15, 0.2) is 24.3 Å². The van der Waals surface area contributed by atoms with E-state index in [-0.39, 0.29) is 17.4 Å². The molecule has 2 amide bonds. The fourth-order valence-electron chi connectivity index (χ4n) is 4.20. The van der Waals surface area contributed by atoms with E-state index in [4.69, 9.17) is 0 Å². The summed E-state index contributed by atoms with van der Waals surface area (Å²) in [6, 6.07) is 7.37. The lowest BCUT2D eigenvalue weighted by atomic mass is 9.83. The molecule has 1 aromatic carbocycles. The van der Waals surface area contributed by atoms with Crippen molar-refractivity contribution in [2.45, 2.75) is 38.1 Å². The van der Waals surface area contributed by atoms with Crippen LogP contribution in [0.4, 0.5) is 5.69 Å². The summed E-state index contributed by atoms with van der Waals surface area (Å²) in [4.78, 5) is 32.1. The lowest BCUT2D eigenvalue weighted by molar-refractivity contribution is -0.116. The predicted octanol–water partition coefficient (Wildman–Crippen LogP) is 2.28. The second-order valence-corrected chi connectivity index (χ2v) is 8.02. The third-order valence-corrected chi connectivity index (χ3v) is 6.11. The van der Waals surface area contributed by atoms with Crippen molar-refractivity contribution in [2.75, 3.05) is 52.1 Å². The van der Waals surface area contributed by atoms with Crippen molar-refractivity contribution in [2.24, 2.45) is 0 Å². The van der Waals surface area contributed by atoms with Crippen molar-refractivity contribution in [1.82, 2.24) is 14.7 Å². The minimum Gasteiger partial charge on any atom is -0.335 e. The van der Waals surface area contributed by atoms with Gasteiger partial charge in [0.1, 0.15) is 0 Å². The Labute approximate surface area is 162 Å². The van der Waals surface area contributed by atoms with Crippen molar-refractivity contribution in [1.29, 1.82) is 0 Å². The van der Waals surface area contributed by atoms with Gasteiger partial charge in [0.15, 0.2) is 0 Å². The number of nitrogens with one attached hydrogen (secondary N) is 1. The molecule has 0 saturated carbocycles. The zero-order valence-electron chi connectivity index (χ0n) is 16.8. The number of hydrogen-bond acceptors (Lipinski definition) is 4. The van der Waals surface area contributed by atoms with Gasteiger partial charge in [0.25, 0.3) is 5.91 Å². The lowest BCUT2D eigenvalue weighted by Gasteiger charge is -2.52. The van der Waals surface area contributed by atoms with Crippen LogP contribution in [0.3, 0.4) is 0 Å². The monoisotopic (exact) mass is 372 g/mol. The zero-order chi connectivity index (χ0) is 19.4. The molecule has 2 fully saturated rings. The molecular formula is C21H32N4O2. The standard InChI is InChI=1S/C21H32N4O2/c1-4-7-19(26)22-18-9-6-5-8-17(18)20(27)25-15-14-24(3)21(16-25)10-12-23(2)13-11-21/h5-6,8-9H,4,7,10-16H2,1-3H3,(H,22,26). The predicted molar refractivity (Wildman–Crippen MR) is 108 cm³/mol. The molecular weight excluding hydrogens is 340 g/mol. The third-order valence-electron chi connectivity index (χ3n) is 6.11. The smallest absolute Gasteiger partial charge is 0.256 e. The number of rotatable bonds is 4. The fourth-order valence-corrected chi connectivity index (χ4v) is 4.20. The van der Waals surface area contributed by atoms with Crippen molar-refractivity contribution in [3.05, 3.63) is 29.8 Å². The Bertz CT molecular complexity index is 683. The number of likely N-dealkylation sites (N-methyl/N-ethyl adjacent to an activating group) is 1. The SMILES string of the molecule is CCCC(=O)Nc1ccccc1C(=O)N1CCN(C)C2(CCN(C)CC2)C1. The van der Waals surface area contributed by atoms with E-state index in [0.717, 1.165) is 52.0 Å². The molecule has 3 rings (SSSR count). The van der Waals surface area contributed by atoms with Crippen LogP contribution in [-0.4, -0.2) is 78.9 Å². The van der Waals surface area contributed by atoms with Gasteiger partial charge in [-0.25, -0.2) is 0 Å². The Hall–Kier alpha value is -1.92. The van der Waals surface area contributed by atoms with Gasteiger partial charge < -0.3 is 15.1 Å². The summed E-state index contributed by atoms with van der Waals surface area (Å²) in [5.74, 6) is -0.0169. The van der Waals surface area contributed by atoms with Crippen molar-refractivity contribution in [3.8, 4) is 0 Å². The minimum atomic E-state index is -0.0390. The summed E-state index contributed by atoms with van der Waals surface area (Å²) in [6.45, 7) is 6.48. The first-order chi connectivity index (χ1) is 12.9. The van der Waals surface area contributed by atoms with E-state index in [2.05, 4.69) is 29.2 Å². The maximum absolute atomic E-state index is 13.3. The second-order valence-electron chi connectivity index (χ2n) is 8.02. The number of hydrogen-bond donors (Lipinski definition) is 1. The quantitative estimate of drug-likeness (QED) is 0.881. The van der Waals surface area contributed by atoms with Gasteiger partial charge in [-0.05, 0) is 58.6 Å². The Morgan fingerprint density at radius 2 is 1.78 bits per heavy atom. The highest BCUT2D eigenvalue weighted by atomic mass is 16.2. The summed E-state index contributed by atoms with van der Waals surface area (Å²) in [5.41, 5.74) is 1.28. The number of para-hydroxylation sites is 1. The number of piperidine rings is 1. The largest absolute Gasteiger partial charge is 0.335 e. The van der Waals surface area contributed by atoms with E-state index >= 15 is 0 Å². The molecule has 1 N–H and O–H groups in total. The summed E-state index contributed by atoms with van der Waals surface area (Å²) >= 11 is 0. The highest BCUT2D eigenvalue weighted by molar-refractivity contribution is 6.03. The maximum Gasteiger partial charge on any atom is 0.256 e. The highest BCUT2D eigenvalue weighted by Crippen LogP contribution is 2.32. The van der Waals surface area contributed by atoms with Crippen molar-refractivity contribution in [3.63, 3.8) is 0 Å². The average Bonchev–Trinajstić information content (AvgIpc) is 2.66. The molecule has 2 heterocycles. The number of amides is 2. The van der Waals surface area contributed by atoms with Crippen LogP contribution in [0.25, 0.3) is 0 Å². The van der Waals surface area contributed by atoms with Gasteiger partial charge in [0, 0.05) is 31.6 Å². The molecule has 0 bridgehead atoms. The number of benzene rings is 1. The fraction of sp³-hybridized carbons (Fsp3) is 0.619. The molecule has 148 valence electrons. The van der Waals surface area contributed by atoms with Crippen LogP contribution in [0.2, 0.25) is 0 Å². The Balaban J connectivity index is 1.77. The van der Waals surface area contributed by atoms with Gasteiger partial charge in [-0.1, -0.05) is 19.1 Å². The van der Waals surface area contributed by atoms with E-state index in [0.29, 0.717) is 17.7 Å². The highest BCUT2D eigenvalue weighted by Gasteiger charge is 2.43. The Kier molecular flexibility index (Phi) is 6.17. The second kappa shape index (κ2) is 8.40. The molecule has 0 radical (unpaired) electrons. The van der Waals surface area contributed by atoms with E-state index < -0.39 is 0 Å². The van der Waals surface area contributed by atoms with Crippen LogP contribution >= 0.6 is 0 Å². The Morgan fingerprint density at radius 1 is 1.07 bits per heavy atom. The van der Waals surface area contributed by atoms with Crippen LogP contribution < -0.4 is 5.32 Å². The average molecular weight is 373 g/mol. The third kappa shape index (κ3) is 4.33. The van der Waals surface area contributed by atoms with Gasteiger partial charge in [-0.2, -0.15) is 0 Å². The first-order valence-electron chi connectivity index (χ1n) is 10.0. The molecule has 6 heteroatoms. The molecule has 1 spiro atoms. The molecule has 0 atom stereocenters. The molecule has 0 aromatic heterocycles. The topological polar surface area (TPSA) is 55.9 Å². The van der Waals surface area contributed by atoms with Gasteiger partial charge in [-0.15, -0.1) is 0 Å². The number of anilines is 1. The normalized spacial score (nSPS) is 20.6. The molecule has 2 aliphatic rings. The van der Waals surface area contributed by atoms with Gasteiger partial charge in [0.2, 0.25) is 5.91 Å². The number of carbonyl (C=O) groups is 2. The first kappa shape index (κ1) is 19.8. The van der Waals surface area contributed by atoms with Crippen LogP contribution in [0, 0.1) is 0 Å². The van der Waals surface area contributed by atoms with E-state index in [1.165, 1.54) is 0 Å². The maximum atomic E-state index is 13.3. The molecule has 2 aliphatic heterocycles. The zero-order valence-corrected chi connectivity index (χ0v) is 16.8. The van der Waals surface area contributed by atoms with E-state index in [1.807, 2.05) is 36.1 Å². The molecule has 1 aromatic rings. The molecule has 0 aliphatic carbocycles. The van der Waals surface area contributed by atoms with Crippen molar-refractivity contribution < 1.29 is 9.59 Å². The Morgan fingerprint density at radius 3 is 2.48 bits per heavy atom. The lowest BCUT2D eigenvalue weighted by Crippen LogP contribution is -2.65. The number of carbonyl (C=O) groups excluding carboxylic acids is 2. The molecule has 6 nitrogen and oxygen atoms in total. The molecule has 2 saturated heterocycles. The van der Waals surface area contributed by atoms with Gasteiger partial charge in [-0.3, -0.25) is 14.5 Å². The summed E-state index contributed by atoms with van der Waals surface area (Å²) in [5, 5.41) is 2.91. The van der Waals surface area contributed by atoms with Gasteiger partial charge >= 0.3 is 0 Å². The first-order valence-corrected chi connectivity index (χ1v) is 10.0. The van der Waals surface area contributed by atoms with Crippen LogP contribution in [-0.2, 0) is 4.79 Å². The molecule has 27 heavy (non-hydrogen) atoms. The summed E-state index contributed by atoms with van der Waals surface area (Å²) < 4.78 is 0. The number of likely N-dealkylation sites (tertiary alicyclic amines) is 1. The van der Waals surface area contributed by atoms with Gasteiger partial charge in [0.05, 0.1) is 11.3 Å². The van der Waals surface area contributed by atoms with Crippen LogP contribution in [0.1, 0.15) is 43.0 Å². The number of nitrogens with zero attached hydrogens (tertiary/aromatic N) is 3.